The second kappa shape index (κ2) is 8.68. The fraction of sp³-hybridized carbons (Fsp3) is 0.458. The summed E-state index contributed by atoms with van der Waals surface area (Å²) >= 11 is 0. The summed E-state index contributed by atoms with van der Waals surface area (Å²) in [6.45, 7) is 7.86. The summed E-state index contributed by atoms with van der Waals surface area (Å²) in [4.78, 5) is 14.9. The van der Waals surface area contributed by atoms with Crippen molar-refractivity contribution in [2.45, 2.75) is 51.9 Å². The van der Waals surface area contributed by atoms with Gasteiger partial charge in [0.2, 0.25) is 5.91 Å². The Kier molecular flexibility index (Phi) is 6.28. The van der Waals surface area contributed by atoms with E-state index in [1.165, 1.54) is 11.6 Å². The molecule has 28 heavy (non-hydrogen) atoms. The van der Waals surface area contributed by atoms with Crippen LogP contribution in [0.5, 0.6) is 11.5 Å². The summed E-state index contributed by atoms with van der Waals surface area (Å²) in [7, 11) is 0. The molecular formula is C24H31NO3. The van der Waals surface area contributed by atoms with Crippen LogP contribution in [0.2, 0.25) is 0 Å². The first-order valence-electron chi connectivity index (χ1n) is 10.2. The molecule has 2 N–H and O–H groups in total. The third kappa shape index (κ3) is 4.67. The fourth-order valence-electron chi connectivity index (χ4n) is 4.06. The summed E-state index contributed by atoms with van der Waals surface area (Å²) in [5.41, 5.74) is 3.41. The standard InChI is InChI=1S/C24H31NO3/c1-16(2)14-18-4-6-19(7-5-18)17(3)24(28)25-12-10-20(11-13-25)21-8-9-22(26)23(27)15-21/h4-9,15-17,20,26-27H,10-14H2,1-3H3/t17-/m0/s1. The summed E-state index contributed by atoms with van der Waals surface area (Å²) in [6, 6.07) is 13.5. The minimum absolute atomic E-state index is 0.0782. The van der Waals surface area contributed by atoms with Gasteiger partial charge in [-0.05, 0) is 66.8 Å². The molecule has 0 saturated carbocycles. The number of carbonyl (C=O) groups is 1. The second-order valence-corrected chi connectivity index (χ2v) is 8.41. The van der Waals surface area contributed by atoms with Crippen molar-refractivity contribution in [3.8, 4) is 11.5 Å². The average Bonchev–Trinajstić information content (AvgIpc) is 2.69. The third-order valence-electron chi connectivity index (χ3n) is 5.77. The van der Waals surface area contributed by atoms with Crippen molar-refractivity contribution in [2.75, 3.05) is 13.1 Å². The van der Waals surface area contributed by atoms with Crippen molar-refractivity contribution in [1.29, 1.82) is 0 Å². The predicted octanol–water partition coefficient (Wildman–Crippen LogP) is 4.81. The lowest BCUT2D eigenvalue weighted by Gasteiger charge is -2.34. The van der Waals surface area contributed by atoms with Gasteiger partial charge in [-0.2, -0.15) is 0 Å². The number of amides is 1. The van der Waals surface area contributed by atoms with Gasteiger partial charge in [0.15, 0.2) is 11.5 Å². The molecule has 0 radical (unpaired) electrons. The maximum Gasteiger partial charge on any atom is 0.229 e. The van der Waals surface area contributed by atoms with Gasteiger partial charge in [0, 0.05) is 13.1 Å². The van der Waals surface area contributed by atoms with Gasteiger partial charge in [-0.15, -0.1) is 0 Å². The highest BCUT2D eigenvalue weighted by atomic mass is 16.3. The smallest absolute Gasteiger partial charge is 0.229 e. The van der Waals surface area contributed by atoms with E-state index in [2.05, 4.69) is 38.1 Å². The van der Waals surface area contributed by atoms with Crippen molar-refractivity contribution >= 4 is 5.91 Å². The lowest BCUT2D eigenvalue weighted by atomic mass is 9.88. The molecule has 3 rings (SSSR count). The van der Waals surface area contributed by atoms with Gasteiger partial charge in [-0.3, -0.25) is 4.79 Å². The SMILES string of the molecule is CC(C)Cc1ccc([C@H](C)C(=O)N2CCC(c3ccc(O)c(O)c3)CC2)cc1. The highest BCUT2D eigenvalue weighted by Gasteiger charge is 2.27. The number of hydrogen-bond acceptors (Lipinski definition) is 3. The molecular weight excluding hydrogens is 350 g/mol. The van der Waals surface area contributed by atoms with Crippen LogP contribution in [0.3, 0.4) is 0 Å². The van der Waals surface area contributed by atoms with Crippen molar-refractivity contribution in [2.24, 2.45) is 5.92 Å². The number of phenolic OH excluding ortho intramolecular Hbond substituents is 2. The number of phenols is 2. The van der Waals surface area contributed by atoms with Crippen LogP contribution in [-0.2, 0) is 11.2 Å². The first-order valence-corrected chi connectivity index (χ1v) is 10.2. The minimum atomic E-state index is -0.137. The van der Waals surface area contributed by atoms with Gasteiger partial charge in [-0.1, -0.05) is 44.2 Å². The summed E-state index contributed by atoms with van der Waals surface area (Å²) in [5.74, 6) is 0.809. The molecule has 1 amide bonds. The molecule has 0 aliphatic carbocycles. The Bertz CT molecular complexity index is 805. The highest BCUT2D eigenvalue weighted by Crippen LogP contribution is 2.34. The molecule has 1 heterocycles. The molecule has 2 aromatic carbocycles. The van der Waals surface area contributed by atoms with Crippen molar-refractivity contribution < 1.29 is 15.0 Å². The van der Waals surface area contributed by atoms with Gasteiger partial charge >= 0.3 is 0 Å². The van der Waals surface area contributed by atoms with Crippen LogP contribution in [0.15, 0.2) is 42.5 Å². The monoisotopic (exact) mass is 381 g/mol. The van der Waals surface area contributed by atoms with Crippen molar-refractivity contribution in [3.05, 3.63) is 59.2 Å². The Hall–Kier alpha value is -2.49. The zero-order valence-electron chi connectivity index (χ0n) is 17.1. The molecule has 4 nitrogen and oxygen atoms in total. The molecule has 0 unspecified atom stereocenters. The molecule has 1 aliphatic heterocycles. The number of carbonyl (C=O) groups excluding carboxylic acids is 1. The topological polar surface area (TPSA) is 60.8 Å². The summed E-state index contributed by atoms with van der Waals surface area (Å²) in [6.07, 6.45) is 2.80. The van der Waals surface area contributed by atoms with Gasteiger partial charge in [0.25, 0.3) is 0 Å². The molecule has 0 spiro atoms. The summed E-state index contributed by atoms with van der Waals surface area (Å²) < 4.78 is 0. The molecule has 1 aliphatic rings. The number of nitrogens with zero attached hydrogens (tertiary/aromatic N) is 1. The average molecular weight is 382 g/mol. The van der Waals surface area contributed by atoms with E-state index in [4.69, 9.17) is 0 Å². The summed E-state index contributed by atoms with van der Waals surface area (Å²) in [5, 5.41) is 19.2. The van der Waals surface area contributed by atoms with Gasteiger partial charge in [-0.25, -0.2) is 0 Å². The number of piperidine rings is 1. The predicted molar refractivity (Wildman–Crippen MR) is 112 cm³/mol. The van der Waals surface area contributed by atoms with E-state index in [0.717, 1.165) is 43.5 Å². The Morgan fingerprint density at radius 3 is 2.21 bits per heavy atom. The van der Waals surface area contributed by atoms with E-state index in [1.54, 1.807) is 6.07 Å². The lowest BCUT2D eigenvalue weighted by Crippen LogP contribution is -2.40. The molecule has 0 aromatic heterocycles. The van der Waals surface area contributed by atoms with Gasteiger partial charge < -0.3 is 15.1 Å². The third-order valence-corrected chi connectivity index (χ3v) is 5.77. The van der Waals surface area contributed by atoms with E-state index in [-0.39, 0.29) is 23.3 Å². The second-order valence-electron chi connectivity index (χ2n) is 8.41. The number of rotatable bonds is 5. The quantitative estimate of drug-likeness (QED) is 0.731. The molecule has 1 fully saturated rings. The van der Waals surface area contributed by atoms with Crippen LogP contribution >= 0.6 is 0 Å². The minimum Gasteiger partial charge on any atom is -0.504 e. The number of likely N-dealkylation sites (tertiary alicyclic amines) is 1. The fourth-order valence-corrected chi connectivity index (χ4v) is 4.06. The molecule has 2 aromatic rings. The first-order chi connectivity index (χ1) is 13.3. The highest BCUT2D eigenvalue weighted by molar-refractivity contribution is 5.83. The van der Waals surface area contributed by atoms with E-state index < -0.39 is 0 Å². The van der Waals surface area contributed by atoms with Gasteiger partial charge in [0.05, 0.1) is 5.92 Å². The molecule has 0 bridgehead atoms. The Morgan fingerprint density at radius 2 is 1.64 bits per heavy atom. The van der Waals surface area contributed by atoms with Crippen LogP contribution in [0.25, 0.3) is 0 Å². The van der Waals surface area contributed by atoms with Crippen LogP contribution in [0.4, 0.5) is 0 Å². The van der Waals surface area contributed by atoms with E-state index in [1.807, 2.05) is 17.9 Å². The Balaban J connectivity index is 1.59. The number of hydrogen-bond donors (Lipinski definition) is 2. The molecule has 1 atom stereocenters. The van der Waals surface area contributed by atoms with Crippen LogP contribution in [0, 0.1) is 5.92 Å². The zero-order valence-corrected chi connectivity index (χ0v) is 17.1. The van der Waals surface area contributed by atoms with Crippen LogP contribution in [-0.4, -0.2) is 34.1 Å². The van der Waals surface area contributed by atoms with E-state index in [0.29, 0.717) is 11.8 Å². The number of benzene rings is 2. The lowest BCUT2D eigenvalue weighted by molar-refractivity contribution is -0.133. The van der Waals surface area contributed by atoms with Crippen molar-refractivity contribution in [3.63, 3.8) is 0 Å². The van der Waals surface area contributed by atoms with E-state index in [9.17, 15) is 15.0 Å². The zero-order chi connectivity index (χ0) is 20.3. The normalized spacial score (nSPS) is 16.4. The van der Waals surface area contributed by atoms with Crippen molar-refractivity contribution in [1.82, 2.24) is 4.90 Å². The molecule has 1 saturated heterocycles. The van der Waals surface area contributed by atoms with Crippen LogP contribution < -0.4 is 0 Å². The van der Waals surface area contributed by atoms with E-state index >= 15 is 0 Å². The first kappa shape index (κ1) is 20.2. The largest absolute Gasteiger partial charge is 0.504 e. The molecule has 150 valence electrons. The number of aromatic hydroxyl groups is 2. The van der Waals surface area contributed by atoms with Gasteiger partial charge in [0.1, 0.15) is 0 Å². The maximum absolute atomic E-state index is 13.0. The van der Waals surface area contributed by atoms with Crippen LogP contribution in [0.1, 0.15) is 62.1 Å². The maximum atomic E-state index is 13.0. The molecule has 4 heteroatoms. The Labute approximate surface area is 167 Å². The Morgan fingerprint density at radius 1 is 1.00 bits per heavy atom.